The van der Waals surface area contributed by atoms with Crippen molar-refractivity contribution < 1.29 is 9.53 Å². The molecule has 0 saturated heterocycles. The number of nitrogens with zero attached hydrogens (tertiary/aromatic N) is 2. The van der Waals surface area contributed by atoms with Crippen LogP contribution in [-0.4, -0.2) is 17.6 Å². The predicted molar refractivity (Wildman–Crippen MR) is 143 cm³/mol. The standard InChI is InChI=1S/C28H22ClN3O3S/c1-17-24(26(33)31-20-9-4-3-5-10-20)25(18-12-14-21(35-2)15-13-18)32-27(34)23(36-28(32)30-17)16-19-8-6-7-11-22(19)29/h3-16,25H,1-2H3,(H,31,33)/b23-16-. The van der Waals surface area contributed by atoms with Crippen molar-refractivity contribution in [3.05, 3.63) is 126 Å². The van der Waals surface area contributed by atoms with Crippen molar-refractivity contribution in [2.45, 2.75) is 13.0 Å². The summed E-state index contributed by atoms with van der Waals surface area (Å²) in [6.07, 6.45) is 1.76. The number of carbonyl (C=O) groups is 1. The van der Waals surface area contributed by atoms with E-state index < -0.39 is 6.04 Å². The Labute approximate surface area is 216 Å². The van der Waals surface area contributed by atoms with Crippen LogP contribution in [0.2, 0.25) is 5.02 Å². The molecule has 0 bridgehead atoms. The molecule has 3 aromatic carbocycles. The van der Waals surface area contributed by atoms with E-state index in [2.05, 4.69) is 10.3 Å². The zero-order chi connectivity index (χ0) is 25.2. The smallest absolute Gasteiger partial charge is 0.271 e. The molecule has 4 aromatic rings. The van der Waals surface area contributed by atoms with Crippen LogP contribution in [0.4, 0.5) is 5.69 Å². The molecule has 0 radical (unpaired) electrons. The maximum Gasteiger partial charge on any atom is 0.271 e. The number of halogens is 1. The molecular weight excluding hydrogens is 494 g/mol. The van der Waals surface area contributed by atoms with Gasteiger partial charge >= 0.3 is 0 Å². The van der Waals surface area contributed by atoms with Crippen molar-refractivity contribution in [2.24, 2.45) is 4.99 Å². The van der Waals surface area contributed by atoms with Gasteiger partial charge in [-0.25, -0.2) is 4.99 Å². The van der Waals surface area contributed by atoms with E-state index in [9.17, 15) is 9.59 Å². The quantitative estimate of drug-likeness (QED) is 0.424. The summed E-state index contributed by atoms with van der Waals surface area (Å²) in [4.78, 5) is 32.5. The van der Waals surface area contributed by atoms with Crippen molar-refractivity contribution in [1.29, 1.82) is 0 Å². The number of carbonyl (C=O) groups excluding carboxylic acids is 1. The van der Waals surface area contributed by atoms with Crippen LogP contribution in [-0.2, 0) is 4.79 Å². The number of allylic oxidation sites excluding steroid dienone is 1. The molecule has 1 amide bonds. The fraction of sp³-hybridized carbons (Fsp3) is 0.107. The number of benzene rings is 3. The number of rotatable bonds is 5. The summed E-state index contributed by atoms with van der Waals surface area (Å²) in [6, 6.07) is 23.2. The number of para-hydroxylation sites is 1. The van der Waals surface area contributed by atoms with Crippen LogP contribution >= 0.6 is 22.9 Å². The van der Waals surface area contributed by atoms with E-state index in [4.69, 9.17) is 16.3 Å². The van der Waals surface area contributed by atoms with Gasteiger partial charge in [0.05, 0.1) is 29.0 Å². The van der Waals surface area contributed by atoms with Crippen molar-refractivity contribution in [1.82, 2.24) is 4.57 Å². The van der Waals surface area contributed by atoms with E-state index in [1.165, 1.54) is 11.3 Å². The summed E-state index contributed by atoms with van der Waals surface area (Å²) < 4.78 is 7.38. The van der Waals surface area contributed by atoms with Crippen LogP contribution in [0.1, 0.15) is 24.1 Å². The number of hydrogen-bond donors (Lipinski definition) is 1. The molecule has 180 valence electrons. The predicted octanol–water partition coefficient (Wildman–Crippen LogP) is 4.54. The Balaban J connectivity index is 1.68. The van der Waals surface area contributed by atoms with Crippen LogP contribution in [0.25, 0.3) is 6.08 Å². The maximum absolute atomic E-state index is 13.7. The molecule has 8 heteroatoms. The van der Waals surface area contributed by atoms with Gasteiger partial charge in [0.1, 0.15) is 5.75 Å². The number of methoxy groups -OCH3 is 1. The highest BCUT2D eigenvalue weighted by Gasteiger charge is 2.32. The molecular formula is C28H22ClN3O3S. The highest BCUT2D eigenvalue weighted by atomic mass is 35.5. The molecule has 0 aliphatic carbocycles. The van der Waals surface area contributed by atoms with E-state index in [1.807, 2.05) is 72.8 Å². The lowest BCUT2D eigenvalue weighted by atomic mass is 9.95. The van der Waals surface area contributed by atoms with E-state index in [-0.39, 0.29) is 11.5 Å². The van der Waals surface area contributed by atoms with Gasteiger partial charge in [-0.3, -0.25) is 14.2 Å². The second-order valence-corrected chi connectivity index (χ2v) is 9.61. The maximum atomic E-state index is 13.7. The minimum absolute atomic E-state index is 0.239. The third kappa shape index (κ3) is 4.51. The third-order valence-electron chi connectivity index (χ3n) is 5.92. The van der Waals surface area contributed by atoms with E-state index in [0.29, 0.717) is 37.1 Å². The molecule has 5 rings (SSSR count). The molecule has 1 N–H and O–H groups in total. The Hall–Kier alpha value is -3.94. The lowest BCUT2D eigenvalue weighted by Crippen LogP contribution is -2.40. The monoisotopic (exact) mass is 515 g/mol. The minimum atomic E-state index is -0.663. The normalized spacial score (nSPS) is 15.3. The fourth-order valence-corrected chi connectivity index (χ4v) is 5.39. The number of hydrogen-bond acceptors (Lipinski definition) is 5. The minimum Gasteiger partial charge on any atom is -0.497 e. The summed E-state index contributed by atoms with van der Waals surface area (Å²) in [6.45, 7) is 1.79. The van der Waals surface area contributed by atoms with Gasteiger partial charge in [-0.15, -0.1) is 0 Å². The number of aromatic nitrogens is 1. The van der Waals surface area contributed by atoms with Crippen LogP contribution in [0.15, 0.2) is 99.9 Å². The van der Waals surface area contributed by atoms with E-state index in [0.717, 1.165) is 11.1 Å². The summed E-state index contributed by atoms with van der Waals surface area (Å²) in [5.41, 5.74) is 2.89. The van der Waals surface area contributed by atoms with Crippen LogP contribution in [0, 0.1) is 0 Å². The number of fused-ring (bicyclic) bond motifs is 1. The van der Waals surface area contributed by atoms with E-state index >= 15 is 0 Å². The molecule has 36 heavy (non-hydrogen) atoms. The lowest BCUT2D eigenvalue weighted by Gasteiger charge is -2.25. The Bertz CT molecular complexity index is 1650. The fourth-order valence-electron chi connectivity index (χ4n) is 4.17. The topological polar surface area (TPSA) is 72.7 Å². The van der Waals surface area contributed by atoms with Gasteiger partial charge in [0, 0.05) is 10.7 Å². The third-order valence-corrected chi connectivity index (χ3v) is 7.25. The first kappa shape index (κ1) is 23.8. The first-order valence-electron chi connectivity index (χ1n) is 11.2. The number of ether oxygens (including phenoxy) is 1. The van der Waals surface area contributed by atoms with Gasteiger partial charge < -0.3 is 10.1 Å². The number of nitrogens with one attached hydrogen (secondary N) is 1. The van der Waals surface area contributed by atoms with E-state index in [1.54, 1.807) is 30.7 Å². The second-order valence-electron chi connectivity index (χ2n) is 8.20. The highest BCUT2D eigenvalue weighted by molar-refractivity contribution is 7.07. The SMILES string of the molecule is COc1ccc(C2C(C(=O)Nc3ccccc3)=C(C)N=c3s/c(=C\c4ccccc4Cl)c(=O)n32)cc1. The van der Waals surface area contributed by atoms with Crippen LogP contribution in [0.5, 0.6) is 5.75 Å². The molecule has 6 nitrogen and oxygen atoms in total. The average Bonchev–Trinajstić information content (AvgIpc) is 3.19. The average molecular weight is 516 g/mol. The van der Waals surface area contributed by atoms with Gasteiger partial charge in [0.25, 0.3) is 11.5 Å². The van der Waals surface area contributed by atoms with Crippen LogP contribution < -0.4 is 24.9 Å². The Morgan fingerprint density at radius 1 is 1.06 bits per heavy atom. The van der Waals surface area contributed by atoms with Gasteiger partial charge in [-0.2, -0.15) is 0 Å². The summed E-state index contributed by atoms with van der Waals surface area (Å²) >= 11 is 7.61. The molecule has 1 unspecified atom stereocenters. The lowest BCUT2D eigenvalue weighted by molar-refractivity contribution is -0.113. The van der Waals surface area contributed by atoms with Crippen molar-refractivity contribution in [3.63, 3.8) is 0 Å². The number of amides is 1. The number of thiazole rings is 1. The Morgan fingerprint density at radius 3 is 2.44 bits per heavy atom. The number of anilines is 1. The van der Waals surface area contributed by atoms with Crippen LogP contribution in [0.3, 0.4) is 0 Å². The first-order valence-corrected chi connectivity index (χ1v) is 12.4. The zero-order valence-electron chi connectivity index (χ0n) is 19.6. The molecule has 0 saturated carbocycles. The van der Waals surface area contributed by atoms with Crippen molar-refractivity contribution in [3.8, 4) is 5.75 Å². The van der Waals surface area contributed by atoms with Gasteiger partial charge in [-0.1, -0.05) is 71.5 Å². The second kappa shape index (κ2) is 9.97. The molecule has 1 aliphatic rings. The summed E-state index contributed by atoms with van der Waals surface area (Å²) in [7, 11) is 1.59. The summed E-state index contributed by atoms with van der Waals surface area (Å²) in [5.74, 6) is 0.365. The Morgan fingerprint density at radius 2 is 1.75 bits per heavy atom. The highest BCUT2D eigenvalue weighted by Crippen LogP contribution is 2.31. The van der Waals surface area contributed by atoms with Gasteiger partial charge in [-0.05, 0) is 54.5 Å². The largest absolute Gasteiger partial charge is 0.497 e. The Kier molecular flexibility index (Phi) is 6.59. The van der Waals surface area contributed by atoms with Gasteiger partial charge in [0.15, 0.2) is 4.80 Å². The molecule has 1 aliphatic heterocycles. The van der Waals surface area contributed by atoms with Crippen molar-refractivity contribution >= 4 is 40.6 Å². The zero-order valence-corrected chi connectivity index (χ0v) is 21.1. The van der Waals surface area contributed by atoms with Gasteiger partial charge in [0.2, 0.25) is 0 Å². The summed E-state index contributed by atoms with van der Waals surface area (Å²) in [5, 5.41) is 3.50. The molecule has 1 atom stereocenters. The molecule has 0 spiro atoms. The molecule has 2 heterocycles. The molecule has 1 aromatic heterocycles. The molecule has 0 fully saturated rings. The van der Waals surface area contributed by atoms with Crippen molar-refractivity contribution in [2.75, 3.05) is 12.4 Å². The first-order chi connectivity index (χ1) is 17.5.